The van der Waals surface area contributed by atoms with Crippen LogP contribution in [0.25, 0.3) is 0 Å². The summed E-state index contributed by atoms with van der Waals surface area (Å²) in [6, 6.07) is 13.2. The quantitative estimate of drug-likeness (QED) is 0.863. The summed E-state index contributed by atoms with van der Waals surface area (Å²) >= 11 is 0. The molecule has 0 N–H and O–H groups in total. The SMILES string of the molecule is CN(Cc1ccc(C#N)cc1)C(=O)c1ccccc1C(F)(F)F. The fraction of sp³-hybridized carbons (Fsp3) is 0.176. The molecule has 3 nitrogen and oxygen atoms in total. The van der Waals surface area contributed by atoms with Crippen molar-refractivity contribution in [2.45, 2.75) is 12.7 Å². The van der Waals surface area contributed by atoms with Crippen LogP contribution in [-0.4, -0.2) is 17.9 Å². The van der Waals surface area contributed by atoms with Gasteiger partial charge in [0.15, 0.2) is 0 Å². The average Bonchev–Trinajstić information content (AvgIpc) is 2.54. The van der Waals surface area contributed by atoms with E-state index in [2.05, 4.69) is 0 Å². The number of halogens is 3. The van der Waals surface area contributed by atoms with Crippen LogP contribution >= 0.6 is 0 Å². The summed E-state index contributed by atoms with van der Waals surface area (Å²) in [5.41, 5.74) is -0.123. The Morgan fingerprint density at radius 3 is 2.30 bits per heavy atom. The summed E-state index contributed by atoms with van der Waals surface area (Å²) in [6.45, 7) is 0.150. The highest BCUT2D eigenvalue weighted by Gasteiger charge is 2.35. The maximum Gasteiger partial charge on any atom is 0.417 e. The molecule has 0 fully saturated rings. The number of carbonyl (C=O) groups is 1. The first kappa shape index (κ1) is 16.6. The van der Waals surface area contributed by atoms with Crippen LogP contribution in [0.5, 0.6) is 0 Å². The van der Waals surface area contributed by atoms with Gasteiger partial charge < -0.3 is 4.90 Å². The van der Waals surface area contributed by atoms with Crippen LogP contribution < -0.4 is 0 Å². The highest BCUT2D eigenvalue weighted by molar-refractivity contribution is 5.95. The van der Waals surface area contributed by atoms with Crippen molar-refractivity contribution in [3.8, 4) is 6.07 Å². The predicted molar refractivity (Wildman–Crippen MR) is 78.4 cm³/mol. The van der Waals surface area contributed by atoms with Crippen molar-refractivity contribution in [3.05, 3.63) is 70.8 Å². The Morgan fingerprint density at radius 2 is 1.74 bits per heavy atom. The molecule has 0 atom stereocenters. The Kier molecular flexibility index (Phi) is 4.70. The molecule has 118 valence electrons. The van der Waals surface area contributed by atoms with E-state index in [1.165, 1.54) is 30.1 Å². The maximum atomic E-state index is 13.0. The van der Waals surface area contributed by atoms with E-state index in [-0.39, 0.29) is 12.1 Å². The molecule has 2 rings (SSSR count). The van der Waals surface area contributed by atoms with E-state index in [9.17, 15) is 18.0 Å². The number of carbonyl (C=O) groups excluding carboxylic acids is 1. The fourth-order valence-corrected chi connectivity index (χ4v) is 2.15. The molecule has 2 aromatic rings. The minimum absolute atomic E-state index is 0.150. The molecule has 2 aromatic carbocycles. The zero-order valence-electron chi connectivity index (χ0n) is 12.3. The molecule has 0 heterocycles. The minimum Gasteiger partial charge on any atom is -0.337 e. The zero-order chi connectivity index (χ0) is 17.0. The van der Waals surface area contributed by atoms with Gasteiger partial charge in [0.05, 0.1) is 22.8 Å². The molecule has 0 aliphatic rings. The molecule has 1 amide bonds. The van der Waals surface area contributed by atoms with Gasteiger partial charge in [0.2, 0.25) is 0 Å². The summed E-state index contributed by atoms with van der Waals surface area (Å²) in [5.74, 6) is -0.706. The van der Waals surface area contributed by atoms with Crippen LogP contribution in [0.3, 0.4) is 0 Å². The van der Waals surface area contributed by atoms with E-state index in [0.29, 0.717) is 5.56 Å². The molecular weight excluding hydrogens is 305 g/mol. The Morgan fingerprint density at radius 1 is 1.13 bits per heavy atom. The van der Waals surface area contributed by atoms with Gasteiger partial charge in [-0.15, -0.1) is 0 Å². The lowest BCUT2D eigenvalue weighted by Crippen LogP contribution is -2.28. The Labute approximate surface area is 131 Å². The highest BCUT2D eigenvalue weighted by Crippen LogP contribution is 2.32. The number of benzene rings is 2. The molecule has 0 radical (unpaired) electrons. The van der Waals surface area contributed by atoms with E-state index in [4.69, 9.17) is 5.26 Å². The Balaban J connectivity index is 2.22. The number of hydrogen-bond donors (Lipinski definition) is 0. The molecule has 0 aliphatic heterocycles. The van der Waals surface area contributed by atoms with Gasteiger partial charge in [0.25, 0.3) is 5.91 Å². The molecule has 6 heteroatoms. The van der Waals surface area contributed by atoms with E-state index in [1.54, 1.807) is 24.3 Å². The van der Waals surface area contributed by atoms with Crippen LogP contribution in [0, 0.1) is 11.3 Å². The second-order valence-corrected chi connectivity index (χ2v) is 5.01. The highest BCUT2D eigenvalue weighted by atomic mass is 19.4. The van der Waals surface area contributed by atoms with E-state index in [0.717, 1.165) is 11.6 Å². The molecule has 0 spiro atoms. The topological polar surface area (TPSA) is 44.1 Å². The maximum absolute atomic E-state index is 13.0. The Hall–Kier alpha value is -2.81. The molecule has 23 heavy (non-hydrogen) atoms. The summed E-state index contributed by atoms with van der Waals surface area (Å²) in [4.78, 5) is 13.5. The summed E-state index contributed by atoms with van der Waals surface area (Å²) in [5, 5.41) is 8.73. The second-order valence-electron chi connectivity index (χ2n) is 5.01. The standard InChI is InChI=1S/C17H13F3N2O/c1-22(11-13-8-6-12(10-21)7-9-13)16(23)14-4-2-3-5-15(14)17(18,19)20/h2-9H,11H2,1H3. The molecular formula is C17H13F3N2O. The lowest BCUT2D eigenvalue weighted by molar-refractivity contribution is -0.138. The fourth-order valence-electron chi connectivity index (χ4n) is 2.15. The van der Waals surface area contributed by atoms with Gasteiger partial charge in [-0.2, -0.15) is 18.4 Å². The number of nitriles is 1. The molecule has 0 saturated heterocycles. The Bertz CT molecular complexity index is 746. The lowest BCUT2D eigenvalue weighted by Gasteiger charge is -2.20. The van der Waals surface area contributed by atoms with E-state index in [1.807, 2.05) is 6.07 Å². The lowest BCUT2D eigenvalue weighted by atomic mass is 10.1. The second kappa shape index (κ2) is 6.53. The normalized spacial score (nSPS) is 10.9. The zero-order valence-corrected chi connectivity index (χ0v) is 12.3. The summed E-state index contributed by atoms with van der Waals surface area (Å²) in [6.07, 6.45) is -4.58. The molecule has 0 saturated carbocycles. The number of hydrogen-bond acceptors (Lipinski definition) is 2. The van der Waals surface area contributed by atoms with Crippen LogP contribution in [0.4, 0.5) is 13.2 Å². The van der Waals surface area contributed by atoms with Gasteiger partial charge in [-0.1, -0.05) is 24.3 Å². The molecule has 0 bridgehead atoms. The smallest absolute Gasteiger partial charge is 0.337 e. The summed E-state index contributed by atoms with van der Waals surface area (Å²) in [7, 11) is 1.44. The molecule has 0 aliphatic carbocycles. The van der Waals surface area contributed by atoms with Gasteiger partial charge in [0.1, 0.15) is 0 Å². The molecule has 0 unspecified atom stereocenters. The van der Waals surface area contributed by atoms with Gasteiger partial charge in [-0.3, -0.25) is 4.79 Å². The van der Waals surface area contributed by atoms with Crippen LogP contribution in [-0.2, 0) is 12.7 Å². The monoisotopic (exact) mass is 318 g/mol. The predicted octanol–water partition coefficient (Wildman–Crippen LogP) is 3.85. The number of alkyl halides is 3. The van der Waals surface area contributed by atoms with Crippen molar-refractivity contribution >= 4 is 5.91 Å². The largest absolute Gasteiger partial charge is 0.417 e. The number of rotatable bonds is 3. The summed E-state index contributed by atoms with van der Waals surface area (Å²) < 4.78 is 38.9. The third-order valence-electron chi connectivity index (χ3n) is 3.31. The first-order chi connectivity index (χ1) is 10.8. The van der Waals surface area contributed by atoms with Crippen LogP contribution in [0.15, 0.2) is 48.5 Å². The van der Waals surface area contributed by atoms with Crippen LogP contribution in [0.1, 0.15) is 27.0 Å². The minimum atomic E-state index is -4.58. The molecule has 0 aromatic heterocycles. The third kappa shape index (κ3) is 3.89. The van der Waals surface area contributed by atoms with E-state index < -0.39 is 17.6 Å². The first-order valence-corrected chi connectivity index (χ1v) is 6.73. The van der Waals surface area contributed by atoms with Crippen molar-refractivity contribution < 1.29 is 18.0 Å². The van der Waals surface area contributed by atoms with Gasteiger partial charge in [-0.25, -0.2) is 0 Å². The van der Waals surface area contributed by atoms with Crippen molar-refractivity contribution in [3.63, 3.8) is 0 Å². The van der Waals surface area contributed by atoms with Crippen molar-refractivity contribution in [2.75, 3.05) is 7.05 Å². The van der Waals surface area contributed by atoms with Gasteiger partial charge >= 0.3 is 6.18 Å². The average molecular weight is 318 g/mol. The number of amides is 1. The van der Waals surface area contributed by atoms with E-state index >= 15 is 0 Å². The number of nitrogens with zero attached hydrogens (tertiary/aromatic N) is 2. The van der Waals surface area contributed by atoms with Crippen LogP contribution in [0.2, 0.25) is 0 Å². The van der Waals surface area contributed by atoms with Gasteiger partial charge in [0, 0.05) is 13.6 Å². The van der Waals surface area contributed by atoms with Crippen molar-refractivity contribution in [1.82, 2.24) is 4.90 Å². The van der Waals surface area contributed by atoms with Gasteiger partial charge in [-0.05, 0) is 29.8 Å². The third-order valence-corrected chi connectivity index (χ3v) is 3.31. The van der Waals surface area contributed by atoms with Crippen molar-refractivity contribution in [2.24, 2.45) is 0 Å². The first-order valence-electron chi connectivity index (χ1n) is 6.73. The van der Waals surface area contributed by atoms with Crippen molar-refractivity contribution in [1.29, 1.82) is 5.26 Å².